The molecule has 2 bridgehead atoms. The number of nitrogens with one attached hydrogen (secondary N) is 2. The fourth-order valence-electron chi connectivity index (χ4n) is 4.76. The maximum absolute atomic E-state index is 12.3. The molecule has 2 saturated heterocycles. The van der Waals surface area contributed by atoms with Crippen LogP contribution in [0.5, 0.6) is 0 Å². The van der Waals surface area contributed by atoms with Gasteiger partial charge >= 0.3 is 160 Å². The first kappa shape index (κ1) is 17.2. The summed E-state index contributed by atoms with van der Waals surface area (Å²) < 4.78 is 17.5. The van der Waals surface area contributed by atoms with Gasteiger partial charge in [-0.05, 0) is 0 Å². The Morgan fingerprint density at radius 2 is 2.17 bits per heavy atom. The third-order valence-corrected chi connectivity index (χ3v) is 13.1. The van der Waals surface area contributed by atoms with E-state index >= 15 is 0 Å². The van der Waals surface area contributed by atoms with Crippen molar-refractivity contribution in [3.8, 4) is 0 Å². The summed E-state index contributed by atoms with van der Waals surface area (Å²) in [6.07, 6.45) is 7.96. The van der Waals surface area contributed by atoms with Crippen LogP contribution in [-0.4, -0.2) is 26.5 Å². The van der Waals surface area contributed by atoms with E-state index in [4.69, 9.17) is 9.47 Å². The van der Waals surface area contributed by atoms with Gasteiger partial charge in [-0.25, -0.2) is 0 Å². The molecule has 2 heterocycles. The summed E-state index contributed by atoms with van der Waals surface area (Å²) in [5.74, 6) is 1.53. The number of hydrogen-bond acceptors (Lipinski definition) is 5. The van der Waals surface area contributed by atoms with E-state index in [2.05, 4.69) is 36.6 Å². The van der Waals surface area contributed by atoms with Crippen molar-refractivity contribution in [1.29, 1.82) is 0 Å². The summed E-state index contributed by atoms with van der Waals surface area (Å²) >= 11 is 1.08. The van der Waals surface area contributed by atoms with Crippen molar-refractivity contribution in [2.75, 3.05) is 13.4 Å². The number of ether oxygens (including phenoxy) is 2. The van der Waals surface area contributed by atoms with Gasteiger partial charge in [0.05, 0.1) is 0 Å². The minimum atomic E-state index is -1.14. The molecule has 0 aromatic carbocycles. The van der Waals surface area contributed by atoms with Crippen LogP contribution in [0.15, 0.2) is 0 Å². The summed E-state index contributed by atoms with van der Waals surface area (Å²) in [4.78, 5) is 12.3. The van der Waals surface area contributed by atoms with E-state index < -0.39 is 23.8 Å². The Balaban J connectivity index is 1.25. The second-order valence-electron chi connectivity index (χ2n) is 8.04. The Morgan fingerprint density at radius 3 is 2.87 bits per heavy atom. The molecule has 23 heavy (non-hydrogen) atoms. The molecule has 2 N–H and O–H groups in total. The number of hydrogen-bond donors (Lipinski definition) is 2. The molecule has 0 aromatic rings. The summed E-state index contributed by atoms with van der Waals surface area (Å²) in [5.41, 5.74) is 0.342. The van der Waals surface area contributed by atoms with Crippen LogP contribution in [0.3, 0.4) is 0 Å². The summed E-state index contributed by atoms with van der Waals surface area (Å²) in [7, 11) is 0. The van der Waals surface area contributed by atoms with Gasteiger partial charge in [0, 0.05) is 0 Å². The number of rotatable bonds is 6. The van der Waals surface area contributed by atoms with Crippen LogP contribution >= 0.6 is 43.0 Å². The van der Waals surface area contributed by atoms with Gasteiger partial charge in [0.15, 0.2) is 0 Å². The Labute approximate surface area is 159 Å². The van der Waals surface area contributed by atoms with Gasteiger partial charge in [-0.2, -0.15) is 0 Å². The number of esters is 1. The Hall–Kier alpha value is 0.810. The van der Waals surface area contributed by atoms with Gasteiger partial charge < -0.3 is 0 Å². The van der Waals surface area contributed by atoms with E-state index in [0.717, 1.165) is 18.4 Å². The van der Waals surface area contributed by atoms with Crippen molar-refractivity contribution in [3.05, 3.63) is 0 Å². The second-order valence-corrected chi connectivity index (χ2v) is 14.5. The molecule has 2 aliphatic carbocycles. The number of carbonyl (C=O) groups is 1. The topological polar surface area (TPSA) is 79.4 Å². The van der Waals surface area contributed by atoms with Crippen LogP contribution in [0, 0.1) is 17.3 Å². The molecule has 4 fully saturated rings. The number of fused-ring (bicyclic) bond motifs is 3. The normalized spacial score (nSPS) is 40.7. The predicted molar refractivity (Wildman–Crippen MR) is 105 cm³/mol. The number of halogens is 2. The van der Waals surface area contributed by atoms with E-state index in [0.29, 0.717) is 5.41 Å². The van der Waals surface area contributed by atoms with Gasteiger partial charge in [0.1, 0.15) is 0 Å². The minimum absolute atomic E-state index is 0.0668. The third-order valence-electron chi connectivity index (χ3n) is 5.93. The number of carbonyl (C=O) groups excluding carboxylic acids is 1. The second kappa shape index (κ2) is 5.92. The molecule has 4 atom stereocenters. The van der Waals surface area contributed by atoms with E-state index in [1.165, 1.54) is 38.5 Å². The standard InChI is InChI=1S/C16H26I2N2O3/c1-11-6-12-4-3-5-15(7-11,8-12)9-22-10-23-13(21)14(2,17)16-18(19-16)20-16/h11-12,19-20H,3-10H2,1-2H3. The van der Waals surface area contributed by atoms with Crippen LogP contribution in [0.25, 0.3) is 0 Å². The Kier molecular flexibility index (Phi) is 4.44. The third kappa shape index (κ3) is 3.06. The predicted octanol–water partition coefficient (Wildman–Crippen LogP) is 3.50. The summed E-state index contributed by atoms with van der Waals surface area (Å²) in [5, 5.41) is 0. The molecule has 5 nitrogen and oxygen atoms in total. The molecule has 132 valence electrons. The molecular formula is C16H26I2N2O3. The van der Waals surface area contributed by atoms with Crippen molar-refractivity contribution in [3.63, 3.8) is 0 Å². The summed E-state index contributed by atoms with van der Waals surface area (Å²) in [6.45, 7) is 5.18. The van der Waals surface area contributed by atoms with Crippen LogP contribution in [-0.2, 0) is 14.3 Å². The molecule has 4 unspecified atom stereocenters. The fraction of sp³-hybridized carbons (Fsp3) is 0.938. The van der Waals surface area contributed by atoms with Gasteiger partial charge in [-0.1, -0.05) is 0 Å². The van der Waals surface area contributed by atoms with Crippen molar-refractivity contribution < 1.29 is 14.3 Å². The Bertz CT molecular complexity index is 506. The quantitative estimate of drug-likeness (QED) is 0.0777. The van der Waals surface area contributed by atoms with E-state index in [9.17, 15) is 4.79 Å². The molecular weight excluding hydrogens is 522 g/mol. The monoisotopic (exact) mass is 548 g/mol. The molecule has 0 spiro atoms. The molecule has 7 heteroatoms. The molecule has 2 aliphatic heterocycles. The number of alkyl halides is 2. The van der Waals surface area contributed by atoms with Gasteiger partial charge in [0.2, 0.25) is 0 Å². The Morgan fingerprint density at radius 1 is 1.43 bits per heavy atom. The molecule has 0 radical (unpaired) electrons. The van der Waals surface area contributed by atoms with Crippen molar-refractivity contribution in [2.24, 2.45) is 17.3 Å². The average Bonchev–Trinajstić information content (AvgIpc) is 3.32. The van der Waals surface area contributed by atoms with E-state index in [1.54, 1.807) is 0 Å². The van der Waals surface area contributed by atoms with Crippen LogP contribution in [0.4, 0.5) is 0 Å². The zero-order valence-corrected chi connectivity index (χ0v) is 18.1. The molecule has 4 rings (SSSR count). The van der Waals surface area contributed by atoms with Crippen molar-refractivity contribution >= 4 is 48.9 Å². The average molecular weight is 548 g/mol. The van der Waals surface area contributed by atoms with Gasteiger partial charge in [-0.15, -0.1) is 0 Å². The van der Waals surface area contributed by atoms with E-state index in [-0.39, 0.29) is 16.4 Å². The van der Waals surface area contributed by atoms with Crippen molar-refractivity contribution in [1.82, 2.24) is 7.06 Å². The van der Waals surface area contributed by atoms with E-state index in [1.807, 2.05) is 6.92 Å². The van der Waals surface area contributed by atoms with Crippen LogP contribution in [0.2, 0.25) is 0 Å². The summed E-state index contributed by atoms with van der Waals surface area (Å²) in [6, 6.07) is 0. The molecule has 0 aromatic heterocycles. The first-order chi connectivity index (χ1) is 10.9. The zero-order chi connectivity index (χ0) is 16.3. The molecule has 0 amide bonds. The molecule has 2 saturated carbocycles. The van der Waals surface area contributed by atoms with Gasteiger partial charge in [0.25, 0.3) is 0 Å². The van der Waals surface area contributed by atoms with Gasteiger partial charge in [-0.3, -0.25) is 0 Å². The van der Waals surface area contributed by atoms with Crippen LogP contribution in [0.1, 0.15) is 52.4 Å². The van der Waals surface area contributed by atoms with Crippen molar-refractivity contribution in [2.45, 2.75) is 59.5 Å². The first-order valence-corrected chi connectivity index (χ1v) is 12.9. The molecule has 4 aliphatic rings. The fourth-order valence-corrected chi connectivity index (χ4v) is 12.5. The van der Waals surface area contributed by atoms with Crippen LogP contribution < -0.4 is 7.06 Å². The SMILES string of the molecule is CC1CC2CCCC(COCOC(=O)C(C)(I)C34NI3N4)(C1)C2. The maximum atomic E-state index is 12.3. The zero-order valence-electron chi connectivity index (χ0n) is 13.8. The first-order valence-electron chi connectivity index (χ1n) is 8.56.